The van der Waals surface area contributed by atoms with Gasteiger partial charge in [-0.15, -0.1) is 11.3 Å². The summed E-state index contributed by atoms with van der Waals surface area (Å²) in [6, 6.07) is 1.85. The lowest BCUT2D eigenvalue weighted by Crippen LogP contribution is -2.25. The minimum atomic E-state index is -0.759. The van der Waals surface area contributed by atoms with Gasteiger partial charge in [0.25, 0.3) is 5.91 Å². The van der Waals surface area contributed by atoms with E-state index in [0.29, 0.717) is 23.8 Å². The minimum absolute atomic E-state index is 0.0741. The van der Waals surface area contributed by atoms with Gasteiger partial charge in [0.2, 0.25) is 0 Å². The third-order valence-electron chi connectivity index (χ3n) is 3.01. The quantitative estimate of drug-likeness (QED) is 0.755. The molecule has 0 saturated heterocycles. The summed E-state index contributed by atoms with van der Waals surface area (Å²) in [6.07, 6.45) is 2.62. The van der Waals surface area contributed by atoms with Crippen molar-refractivity contribution in [2.45, 2.75) is 32.6 Å². The maximum atomic E-state index is 11.8. The number of aliphatic carboxylic acids is 1. The van der Waals surface area contributed by atoms with Crippen molar-refractivity contribution < 1.29 is 14.7 Å². The van der Waals surface area contributed by atoms with Crippen LogP contribution in [-0.2, 0) is 4.79 Å². The molecule has 1 aromatic rings. The lowest BCUT2D eigenvalue weighted by atomic mass is 9.97. The molecule has 4 nitrogen and oxygen atoms in total. The molecule has 1 aromatic heterocycles. The van der Waals surface area contributed by atoms with Gasteiger partial charge in [0.1, 0.15) is 4.88 Å². The number of rotatable bonds is 8. The first-order valence-corrected chi connectivity index (χ1v) is 7.94. The van der Waals surface area contributed by atoms with E-state index in [1.165, 1.54) is 11.3 Å². The standard InChI is InChI=1S/C13H18BrNO3S/c1-2-9(3-4-11(16)17)5-7-15-13(18)12-10(14)6-8-19-12/h6,8-9H,2-5,7H2,1H3,(H,15,18)(H,16,17). The van der Waals surface area contributed by atoms with Crippen molar-refractivity contribution in [2.75, 3.05) is 6.54 Å². The molecule has 0 spiro atoms. The van der Waals surface area contributed by atoms with Crippen LogP contribution < -0.4 is 5.32 Å². The topological polar surface area (TPSA) is 66.4 Å². The van der Waals surface area contributed by atoms with Crippen LogP contribution in [-0.4, -0.2) is 23.5 Å². The van der Waals surface area contributed by atoms with E-state index in [4.69, 9.17) is 5.11 Å². The van der Waals surface area contributed by atoms with Crippen LogP contribution in [0.1, 0.15) is 42.3 Å². The number of amides is 1. The summed E-state index contributed by atoms with van der Waals surface area (Å²) >= 11 is 4.73. The van der Waals surface area contributed by atoms with Gasteiger partial charge < -0.3 is 10.4 Å². The number of carboxylic acid groups (broad SMARTS) is 1. The second-order valence-electron chi connectivity index (χ2n) is 4.35. The first-order chi connectivity index (χ1) is 9.04. The molecular formula is C13H18BrNO3S. The zero-order chi connectivity index (χ0) is 14.3. The molecule has 0 aromatic carbocycles. The van der Waals surface area contributed by atoms with Crippen LogP contribution in [0.15, 0.2) is 15.9 Å². The number of carbonyl (C=O) groups excluding carboxylic acids is 1. The van der Waals surface area contributed by atoms with Gasteiger partial charge in [-0.05, 0) is 46.1 Å². The first-order valence-electron chi connectivity index (χ1n) is 6.27. The van der Waals surface area contributed by atoms with Crippen molar-refractivity contribution in [3.8, 4) is 0 Å². The highest BCUT2D eigenvalue weighted by molar-refractivity contribution is 9.10. The molecule has 0 aliphatic heterocycles. The maximum absolute atomic E-state index is 11.8. The molecule has 0 fully saturated rings. The lowest BCUT2D eigenvalue weighted by Gasteiger charge is -2.13. The molecule has 106 valence electrons. The normalized spacial score (nSPS) is 12.1. The average Bonchev–Trinajstić information content (AvgIpc) is 2.79. The van der Waals surface area contributed by atoms with E-state index in [1.54, 1.807) is 0 Å². The van der Waals surface area contributed by atoms with Crippen LogP contribution in [0.2, 0.25) is 0 Å². The van der Waals surface area contributed by atoms with Gasteiger partial charge in [-0.2, -0.15) is 0 Å². The van der Waals surface area contributed by atoms with Crippen molar-refractivity contribution in [1.29, 1.82) is 0 Å². The summed E-state index contributed by atoms with van der Waals surface area (Å²) in [4.78, 5) is 23.0. The predicted octanol–water partition coefficient (Wildman–Crippen LogP) is 3.52. The van der Waals surface area contributed by atoms with Gasteiger partial charge in [0, 0.05) is 17.4 Å². The third-order valence-corrected chi connectivity index (χ3v) is 4.84. The third kappa shape index (κ3) is 5.74. The molecule has 0 aliphatic carbocycles. The van der Waals surface area contributed by atoms with Crippen LogP contribution in [0.25, 0.3) is 0 Å². The van der Waals surface area contributed by atoms with Crippen LogP contribution >= 0.6 is 27.3 Å². The number of carbonyl (C=O) groups is 2. The molecule has 1 heterocycles. The molecule has 0 aliphatic rings. The fourth-order valence-electron chi connectivity index (χ4n) is 1.81. The van der Waals surface area contributed by atoms with E-state index in [9.17, 15) is 9.59 Å². The van der Waals surface area contributed by atoms with Crippen molar-refractivity contribution in [2.24, 2.45) is 5.92 Å². The Kier molecular flexibility index (Phi) is 7.09. The number of nitrogens with one attached hydrogen (secondary N) is 1. The highest BCUT2D eigenvalue weighted by Gasteiger charge is 2.13. The van der Waals surface area contributed by atoms with Crippen LogP contribution in [0.3, 0.4) is 0 Å². The highest BCUT2D eigenvalue weighted by atomic mass is 79.9. The van der Waals surface area contributed by atoms with Gasteiger partial charge in [0.05, 0.1) is 0 Å². The van der Waals surface area contributed by atoms with Crippen molar-refractivity contribution in [1.82, 2.24) is 5.32 Å². The highest BCUT2D eigenvalue weighted by Crippen LogP contribution is 2.22. The number of hydrogen-bond donors (Lipinski definition) is 2. The van der Waals surface area contributed by atoms with Crippen molar-refractivity contribution >= 4 is 39.1 Å². The Morgan fingerprint density at radius 3 is 2.74 bits per heavy atom. The molecule has 0 saturated carbocycles. The summed E-state index contributed by atoms with van der Waals surface area (Å²) in [5.41, 5.74) is 0. The number of carboxylic acids is 1. The average molecular weight is 348 g/mol. The Balaban J connectivity index is 2.30. The smallest absolute Gasteiger partial charge is 0.303 e. The Morgan fingerprint density at radius 1 is 1.47 bits per heavy atom. The summed E-state index contributed by atoms with van der Waals surface area (Å²) in [7, 11) is 0. The number of thiophene rings is 1. The van der Waals surface area contributed by atoms with Crippen LogP contribution in [0.4, 0.5) is 0 Å². The molecule has 1 rings (SSSR count). The van der Waals surface area contributed by atoms with E-state index in [0.717, 1.165) is 17.3 Å². The van der Waals surface area contributed by atoms with Gasteiger partial charge in [-0.25, -0.2) is 0 Å². The Bertz CT molecular complexity index is 433. The molecule has 2 N–H and O–H groups in total. The fraction of sp³-hybridized carbons (Fsp3) is 0.538. The Hall–Kier alpha value is -0.880. The molecule has 19 heavy (non-hydrogen) atoms. The van der Waals surface area contributed by atoms with E-state index < -0.39 is 5.97 Å². The van der Waals surface area contributed by atoms with E-state index >= 15 is 0 Å². The fourth-order valence-corrected chi connectivity index (χ4v) is 3.27. The zero-order valence-electron chi connectivity index (χ0n) is 10.8. The number of hydrogen-bond acceptors (Lipinski definition) is 3. The Morgan fingerprint density at radius 2 is 2.21 bits per heavy atom. The lowest BCUT2D eigenvalue weighted by molar-refractivity contribution is -0.137. The van der Waals surface area contributed by atoms with E-state index in [2.05, 4.69) is 21.2 Å². The molecular weight excluding hydrogens is 330 g/mol. The molecule has 0 bridgehead atoms. The summed E-state index contributed by atoms with van der Waals surface area (Å²) in [5, 5.41) is 13.4. The molecule has 1 atom stereocenters. The zero-order valence-corrected chi connectivity index (χ0v) is 13.2. The van der Waals surface area contributed by atoms with Gasteiger partial charge in [-0.3, -0.25) is 9.59 Å². The predicted molar refractivity (Wildman–Crippen MR) is 79.6 cm³/mol. The second kappa shape index (κ2) is 8.32. The summed E-state index contributed by atoms with van der Waals surface area (Å²) in [5.74, 6) is -0.483. The second-order valence-corrected chi connectivity index (χ2v) is 6.12. The number of halogens is 1. The maximum Gasteiger partial charge on any atom is 0.303 e. The molecule has 1 unspecified atom stereocenters. The van der Waals surface area contributed by atoms with Crippen LogP contribution in [0, 0.1) is 5.92 Å². The molecule has 0 radical (unpaired) electrons. The minimum Gasteiger partial charge on any atom is -0.481 e. The van der Waals surface area contributed by atoms with Crippen molar-refractivity contribution in [3.05, 3.63) is 20.8 Å². The van der Waals surface area contributed by atoms with E-state index in [1.807, 2.05) is 18.4 Å². The van der Waals surface area contributed by atoms with Gasteiger partial charge in [-0.1, -0.05) is 13.3 Å². The molecule has 1 amide bonds. The van der Waals surface area contributed by atoms with E-state index in [-0.39, 0.29) is 12.3 Å². The Labute approximate surface area is 125 Å². The molecule has 6 heteroatoms. The van der Waals surface area contributed by atoms with Gasteiger partial charge >= 0.3 is 5.97 Å². The first kappa shape index (κ1) is 16.2. The monoisotopic (exact) mass is 347 g/mol. The van der Waals surface area contributed by atoms with Gasteiger partial charge in [0.15, 0.2) is 0 Å². The summed E-state index contributed by atoms with van der Waals surface area (Å²) in [6.45, 7) is 2.63. The van der Waals surface area contributed by atoms with Crippen LogP contribution in [0.5, 0.6) is 0 Å². The SMILES string of the molecule is CCC(CCNC(=O)c1sccc1Br)CCC(=O)O. The summed E-state index contributed by atoms with van der Waals surface area (Å²) < 4.78 is 0.813. The largest absolute Gasteiger partial charge is 0.481 e. The van der Waals surface area contributed by atoms with Crippen molar-refractivity contribution in [3.63, 3.8) is 0 Å².